The van der Waals surface area contributed by atoms with Crippen molar-refractivity contribution in [1.82, 2.24) is 4.90 Å². The van der Waals surface area contributed by atoms with Crippen LogP contribution in [0.2, 0.25) is 10.0 Å². The van der Waals surface area contributed by atoms with Gasteiger partial charge >= 0.3 is 0 Å². The van der Waals surface area contributed by atoms with Crippen LogP contribution in [0.25, 0.3) is 10.8 Å². The van der Waals surface area contributed by atoms with E-state index in [4.69, 9.17) is 23.2 Å². The number of nitrogens with one attached hydrogen (secondary N) is 1. The molecule has 0 saturated carbocycles. The van der Waals surface area contributed by atoms with Gasteiger partial charge in [-0.25, -0.2) is 0 Å². The molecule has 4 nitrogen and oxygen atoms in total. The summed E-state index contributed by atoms with van der Waals surface area (Å²) in [5.41, 5.74) is 0.954. The van der Waals surface area contributed by atoms with Crippen molar-refractivity contribution in [2.45, 2.75) is 0 Å². The number of nitrogens with zero attached hydrogens (tertiary/aromatic N) is 1. The Bertz CT molecular complexity index is 746. The Morgan fingerprint density at radius 2 is 1.41 bits per heavy atom. The number of rotatable bonds is 3. The fraction of sp³-hybridized carbons (Fsp3) is 0.250. The Balaban J connectivity index is 2.20. The summed E-state index contributed by atoms with van der Waals surface area (Å²) in [6, 6.07) is 6.62. The molecule has 0 atom stereocenters. The van der Waals surface area contributed by atoms with Gasteiger partial charge in [-0.1, -0.05) is 23.2 Å². The van der Waals surface area contributed by atoms with Crippen molar-refractivity contribution in [3.63, 3.8) is 0 Å². The Hall–Kier alpha value is -1.62. The number of carbonyl (C=O) groups is 2. The summed E-state index contributed by atoms with van der Waals surface area (Å²) in [6.07, 6.45) is 0. The molecule has 0 saturated heterocycles. The molecule has 0 fully saturated rings. The highest BCUT2D eigenvalue weighted by atomic mass is 35.5. The molecule has 0 radical (unpaired) electrons. The first kappa shape index (κ1) is 15.3. The number of halogens is 2. The number of likely N-dealkylation sites (N-methyl/N-ethyl adjacent to an activating group) is 1. The highest BCUT2D eigenvalue weighted by Gasteiger charge is 2.34. The van der Waals surface area contributed by atoms with E-state index in [0.29, 0.717) is 45.0 Å². The first-order valence-corrected chi connectivity index (χ1v) is 7.73. The second kappa shape index (κ2) is 5.54. The average Bonchev–Trinajstić information content (AvgIpc) is 2.46. The van der Waals surface area contributed by atoms with Crippen molar-refractivity contribution < 1.29 is 14.5 Å². The van der Waals surface area contributed by atoms with E-state index in [9.17, 15) is 9.59 Å². The van der Waals surface area contributed by atoms with E-state index in [0.717, 1.165) is 0 Å². The minimum absolute atomic E-state index is 0.289. The maximum absolute atomic E-state index is 12.7. The molecule has 1 heterocycles. The van der Waals surface area contributed by atoms with Gasteiger partial charge in [-0.05, 0) is 24.3 Å². The summed E-state index contributed by atoms with van der Waals surface area (Å²) < 4.78 is 0. The molecule has 2 amide bonds. The van der Waals surface area contributed by atoms with Gasteiger partial charge in [0.2, 0.25) is 0 Å². The lowest BCUT2D eigenvalue weighted by molar-refractivity contribution is -0.857. The zero-order valence-corrected chi connectivity index (χ0v) is 13.8. The standard InChI is InChI=1S/C16H14Cl2N2O2/c1-19(2)7-8-20-15(21)9-3-5-11(17)14-12(18)6-4-10(13(9)14)16(20)22/h3-6H,7-8H2,1-2H3/p+1. The average molecular weight is 338 g/mol. The molecule has 1 N–H and O–H groups in total. The third-order valence-corrected chi connectivity index (χ3v) is 4.48. The molecule has 3 rings (SSSR count). The van der Waals surface area contributed by atoms with Crippen LogP contribution in [0.3, 0.4) is 0 Å². The highest BCUT2D eigenvalue weighted by molar-refractivity contribution is 6.44. The predicted molar refractivity (Wildman–Crippen MR) is 87.0 cm³/mol. The van der Waals surface area contributed by atoms with Crippen molar-refractivity contribution in [3.05, 3.63) is 45.4 Å². The second-order valence-corrected chi connectivity index (χ2v) is 6.47. The van der Waals surface area contributed by atoms with Crippen LogP contribution in [0.1, 0.15) is 20.7 Å². The lowest BCUT2D eigenvalue weighted by Gasteiger charge is -2.27. The first-order valence-electron chi connectivity index (χ1n) is 6.97. The van der Waals surface area contributed by atoms with Crippen molar-refractivity contribution >= 4 is 45.8 Å². The van der Waals surface area contributed by atoms with Crippen LogP contribution in [-0.2, 0) is 0 Å². The van der Waals surface area contributed by atoms with Crippen LogP contribution >= 0.6 is 23.2 Å². The van der Waals surface area contributed by atoms with E-state index < -0.39 is 0 Å². The van der Waals surface area contributed by atoms with Gasteiger partial charge < -0.3 is 4.90 Å². The van der Waals surface area contributed by atoms with Crippen molar-refractivity contribution in [1.29, 1.82) is 0 Å². The van der Waals surface area contributed by atoms with Gasteiger partial charge in [0.25, 0.3) is 11.8 Å². The summed E-state index contributed by atoms with van der Waals surface area (Å²) in [5.74, 6) is -0.578. The number of amides is 2. The van der Waals surface area contributed by atoms with E-state index >= 15 is 0 Å². The number of benzene rings is 2. The van der Waals surface area contributed by atoms with Crippen molar-refractivity contribution in [3.8, 4) is 0 Å². The predicted octanol–water partition coefficient (Wildman–Crippen LogP) is 1.89. The van der Waals surface area contributed by atoms with E-state index in [2.05, 4.69) is 0 Å². The topological polar surface area (TPSA) is 41.8 Å². The summed E-state index contributed by atoms with van der Waals surface area (Å²) in [4.78, 5) is 27.8. The largest absolute Gasteiger partial charge is 0.338 e. The highest BCUT2D eigenvalue weighted by Crippen LogP contribution is 2.38. The molecule has 22 heavy (non-hydrogen) atoms. The molecule has 0 aliphatic carbocycles. The van der Waals surface area contributed by atoms with Gasteiger partial charge in [0.1, 0.15) is 0 Å². The zero-order valence-electron chi connectivity index (χ0n) is 12.2. The van der Waals surface area contributed by atoms with E-state index in [1.807, 2.05) is 14.1 Å². The maximum atomic E-state index is 12.7. The third kappa shape index (κ3) is 2.28. The van der Waals surface area contributed by atoms with Crippen molar-refractivity contribution in [2.24, 2.45) is 0 Å². The molecular weight excluding hydrogens is 323 g/mol. The normalized spacial score (nSPS) is 14.3. The molecule has 6 heteroatoms. The zero-order chi connectivity index (χ0) is 16.0. The number of imide groups is 1. The third-order valence-electron chi connectivity index (χ3n) is 3.85. The Labute approximate surface area is 138 Å². The Kier molecular flexibility index (Phi) is 3.85. The smallest absolute Gasteiger partial charge is 0.261 e. The SMILES string of the molecule is C[NH+](C)CCN1C(=O)c2ccc(Cl)c3c(Cl)ccc(c23)C1=O. The van der Waals surface area contributed by atoms with Gasteiger partial charge in [-0.2, -0.15) is 0 Å². The number of hydrogen-bond donors (Lipinski definition) is 1. The van der Waals surface area contributed by atoms with Crippen LogP contribution in [0.5, 0.6) is 0 Å². The molecule has 1 aliphatic rings. The van der Waals surface area contributed by atoms with Crippen LogP contribution in [-0.4, -0.2) is 43.9 Å². The molecular formula is C16H15Cl2N2O2+. The summed E-state index contributed by atoms with van der Waals surface area (Å²) in [5, 5.41) is 2.01. The number of hydrogen-bond acceptors (Lipinski definition) is 2. The van der Waals surface area contributed by atoms with Gasteiger partial charge in [0.05, 0.1) is 27.2 Å². The molecule has 114 valence electrons. The molecule has 2 aromatic carbocycles. The Morgan fingerprint density at radius 1 is 0.909 bits per heavy atom. The fourth-order valence-corrected chi connectivity index (χ4v) is 3.26. The van der Waals surface area contributed by atoms with Gasteiger partial charge in [0.15, 0.2) is 0 Å². The monoisotopic (exact) mass is 337 g/mol. The summed E-state index contributed by atoms with van der Waals surface area (Å²) in [7, 11) is 3.96. The number of quaternary nitrogens is 1. The lowest BCUT2D eigenvalue weighted by atomic mass is 9.94. The Morgan fingerprint density at radius 3 is 1.86 bits per heavy atom. The second-order valence-electron chi connectivity index (χ2n) is 5.66. The van der Waals surface area contributed by atoms with Crippen molar-refractivity contribution in [2.75, 3.05) is 27.2 Å². The molecule has 2 aromatic rings. The fourth-order valence-electron chi connectivity index (χ4n) is 2.69. The number of carbonyl (C=O) groups excluding carboxylic acids is 2. The first-order chi connectivity index (χ1) is 10.4. The van der Waals surface area contributed by atoms with Crippen LogP contribution in [0.15, 0.2) is 24.3 Å². The van der Waals surface area contributed by atoms with Crippen LogP contribution in [0.4, 0.5) is 0 Å². The molecule has 1 aliphatic heterocycles. The van der Waals surface area contributed by atoms with Gasteiger partial charge in [-0.3, -0.25) is 14.5 Å². The summed E-state index contributed by atoms with van der Waals surface area (Å²) >= 11 is 12.4. The lowest BCUT2D eigenvalue weighted by Crippen LogP contribution is -3.06. The molecule has 0 aromatic heterocycles. The minimum Gasteiger partial charge on any atom is -0.338 e. The van der Waals surface area contributed by atoms with E-state index in [-0.39, 0.29) is 11.8 Å². The molecule has 0 spiro atoms. The minimum atomic E-state index is -0.289. The quantitative estimate of drug-likeness (QED) is 0.869. The maximum Gasteiger partial charge on any atom is 0.261 e. The van der Waals surface area contributed by atoms with Gasteiger partial charge in [-0.15, -0.1) is 0 Å². The van der Waals surface area contributed by atoms with Crippen LogP contribution < -0.4 is 4.90 Å². The van der Waals surface area contributed by atoms with E-state index in [1.165, 1.54) is 9.80 Å². The van der Waals surface area contributed by atoms with Crippen LogP contribution in [0, 0.1) is 0 Å². The van der Waals surface area contributed by atoms with E-state index in [1.54, 1.807) is 24.3 Å². The molecule has 0 unspecified atom stereocenters. The van der Waals surface area contributed by atoms with Gasteiger partial charge in [0, 0.05) is 31.9 Å². The molecule has 0 bridgehead atoms. The summed E-state index contributed by atoms with van der Waals surface area (Å²) in [6.45, 7) is 1.07.